The Kier molecular flexibility index (Phi) is 7.70. The van der Waals surface area contributed by atoms with E-state index in [1.54, 1.807) is 13.2 Å². The van der Waals surface area contributed by atoms with Crippen LogP contribution in [0.25, 0.3) is 16.7 Å². The lowest BCUT2D eigenvalue weighted by Crippen LogP contribution is -2.49. The fourth-order valence-electron chi connectivity index (χ4n) is 6.77. The highest BCUT2D eigenvalue weighted by Gasteiger charge is 2.47. The molecule has 0 bridgehead atoms. The number of oxazole rings is 1. The van der Waals surface area contributed by atoms with Crippen molar-refractivity contribution in [1.29, 1.82) is 5.26 Å². The van der Waals surface area contributed by atoms with Gasteiger partial charge in [-0.25, -0.2) is 14.4 Å². The number of ether oxygens (including phenoxy) is 1. The number of halogens is 2. The summed E-state index contributed by atoms with van der Waals surface area (Å²) >= 11 is 6.72. The van der Waals surface area contributed by atoms with Crippen molar-refractivity contribution >= 4 is 28.3 Å². The number of aliphatic hydroxyl groups is 1. The first-order valence-corrected chi connectivity index (χ1v) is 15.5. The molecule has 0 saturated carbocycles. The van der Waals surface area contributed by atoms with E-state index in [9.17, 15) is 14.8 Å². The Morgan fingerprint density at radius 1 is 1.11 bits per heavy atom. The molecule has 2 fully saturated rings. The van der Waals surface area contributed by atoms with Crippen molar-refractivity contribution in [1.82, 2.24) is 19.8 Å². The van der Waals surface area contributed by atoms with Crippen molar-refractivity contribution in [2.75, 3.05) is 33.3 Å². The highest BCUT2D eigenvalue weighted by Crippen LogP contribution is 2.50. The molecule has 1 aliphatic carbocycles. The first kappa shape index (κ1) is 29.6. The maximum atomic E-state index is 13.5. The van der Waals surface area contributed by atoms with Crippen LogP contribution in [-0.2, 0) is 18.5 Å². The molecule has 45 heavy (non-hydrogen) atoms. The molecule has 4 aromatic rings. The van der Waals surface area contributed by atoms with E-state index in [2.05, 4.69) is 24.0 Å². The molecule has 2 unspecified atom stereocenters. The number of aliphatic hydroxyl groups excluding tert-OH is 1. The first-order chi connectivity index (χ1) is 21.8. The number of methoxy groups -OCH3 is 1. The van der Waals surface area contributed by atoms with Crippen molar-refractivity contribution in [3.05, 3.63) is 106 Å². The fraction of sp³-hybridized carbons (Fsp3) is 0.343. The van der Waals surface area contributed by atoms with E-state index in [1.807, 2.05) is 59.5 Å². The second kappa shape index (κ2) is 11.7. The zero-order valence-corrected chi connectivity index (χ0v) is 25.8. The summed E-state index contributed by atoms with van der Waals surface area (Å²) in [5.41, 5.74) is 4.71. The Balaban J connectivity index is 1.36. The summed E-state index contributed by atoms with van der Waals surface area (Å²) < 4.78 is 25.9. The van der Waals surface area contributed by atoms with Gasteiger partial charge in [-0.2, -0.15) is 5.26 Å². The van der Waals surface area contributed by atoms with Gasteiger partial charge in [0.25, 0.3) is 0 Å². The summed E-state index contributed by atoms with van der Waals surface area (Å²) in [7, 11) is 1.60. The number of nitrogens with zero attached hydrogens (tertiary/aromatic N) is 5. The molecular weight excluding hydrogens is 593 g/mol. The fourth-order valence-corrected chi connectivity index (χ4v) is 7.02. The topological polar surface area (TPSA) is 98.7 Å². The van der Waals surface area contributed by atoms with Gasteiger partial charge in [0.15, 0.2) is 5.58 Å². The van der Waals surface area contributed by atoms with E-state index in [0.717, 1.165) is 22.3 Å². The van der Waals surface area contributed by atoms with Gasteiger partial charge in [-0.05, 0) is 41.0 Å². The first-order valence-electron chi connectivity index (χ1n) is 15.1. The number of fused-ring (bicyclic) bond motifs is 1. The van der Waals surface area contributed by atoms with Crippen molar-refractivity contribution < 1.29 is 18.7 Å². The molecule has 1 N–H and O–H groups in total. The lowest BCUT2D eigenvalue weighted by Gasteiger charge is -2.38. The van der Waals surface area contributed by atoms with Crippen LogP contribution < -0.4 is 4.74 Å². The zero-order chi connectivity index (χ0) is 31.3. The van der Waals surface area contributed by atoms with Gasteiger partial charge in [-0.15, -0.1) is 0 Å². The molecule has 4 heterocycles. The third kappa shape index (κ3) is 5.22. The van der Waals surface area contributed by atoms with E-state index >= 15 is 0 Å². The van der Waals surface area contributed by atoms with Crippen molar-refractivity contribution in [3.8, 4) is 11.9 Å². The Bertz CT molecular complexity index is 1870. The quantitative estimate of drug-likeness (QED) is 0.268. The number of pyridine rings is 1. The Labute approximate surface area is 266 Å². The van der Waals surface area contributed by atoms with Crippen LogP contribution in [0.4, 0.5) is 4.39 Å². The maximum absolute atomic E-state index is 13.5. The lowest BCUT2D eigenvalue weighted by molar-refractivity contribution is -0.00332. The molecule has 2 saturated heterocycles. The molecule has 2 aromatic carbocycles. The number of benzene rings is 2. The van der Waals surface area contributed by atoms with Crippen LogP contribution in [-0.4, -0.2) is 70.4 Å². The summed E-state index contributed by atoms with van der Waals surface area (Å²) in [5, 5.41) is 20.5. The number of rotatable bonds is 8. The van der Waals surface area contributed by atoms with Gasteiger partial charge in [0, 0.05) is 55.8 Å². The molecule has 230 valence electrons. The lowest BCUT2D eigenvalue weighted by atomic mass is 9.66. The minimum atomic E-state index is -0.979. The molecule has 0 radical (unpaired) electrons. The third-order valence-electron chi connectivity index (χ3n) is 9.20. The predicted molar refractivity (Wildman–Crippen MR) is 169 cm³/mol. The highest BCUT2D eigenvalue weighted by molar-refractivity contribution is 6.32. The van der Waals surface area contributed by atoms with E-state index in [4.69, 9.17) is 30.7 Å². The molecule has 7 rings (SSSR count). The highest BCUT2D eigenvalue weighted by atomic mass is 35.5. The van der Waals surface area contributed by atoms with E-state index in [0.29, 0.717) is 78.4 Å². The Hall–Kier alpha value is -4.07. The van der Waals surface area contributed by atoms with Crippen LogP contribution in [0.1, 0.15) is 40.8 Å². The molecule has 0 spiro atoms. The van der Waals surface area contributed by atoms with Gasteiger partial charge in [-0.1, -0.05) is 61.0 Å². The zero-order valence-electron chi connectivity index (χ0n) is 25.1. The number of hydrogen-bond donors (Lipinski definition) is 1. The van der Waals surface area contributed by atoms with E-state index in [1.165, 1.54) is 0 Å². The second-order valence-electron chi connectivity index (χ2n) is 12.2. The molecule has 10 heteroatoms. The van der Waals surface area contributed by atoms with Gasteiger partial charge < -0.3 is 14.3 Å². The van der Waals surface area contributed by atoms with Crippen molar-refractivity contribution in [2.45, 2.75) is 37.7 Å². The van der Waals surface area contributed by atoms with Gasteiger partial charge in [0.05, 0.1) is 24.5 Å². The smallest absolute Gasteiger partial charge is 0.217 e. The molecule has 0 amide bonds. The van der Waals surface area contributed by atoms with Gasteiger partial charge in [0.1, 0.15) is 23.2 Å². The minimum absolute atomic E-state index is 0.239. The molecule has 2 atom stereocenters. The molecule has 2 aliphatic heterocycles. The minimum Gasteiger partial charge on any atom is -0.481 e. The van der Waals surface area contributed by atoms with Crippen molar-refractivity contribution in [3.63, 3.8) is 0 Å². The average molecular weight is 626 g/mol. The summed E-state index contributed by atoms with van der Waals surface area (Å²) in [6.07, 6.45) is 4.96. The normalized spacial score (nSPS) is 22.6. The number of allylic oxidation sites excluding steroid dienone is 4. The summed E-state index contributed by atoms with van der Waals surface area (Å²) in [5.74, 6) is 0.643. The van der Waals surface area contributed by atoms with Gasteiger partial charge >= 0.3 is 0 Å². The van der Waals surface area contributed by atoms with Crippen molar-refractivity contribution in [2.24, 2.45) is 5.92 Å². The van der Waals surface area contributed by atoms with E-state index < -0.39 is 11.6 Å². The van der Waals surface area contributed by atoms with Gasteiger partial charge in [0.2, 0.25) is 11.8 Å². The predicted octanol–water partition coefficient (Wildman–Crippen LogP) is 5.66. The van der Waals surface area contributed by atoms with Crippen LogP contribution in [0.5, 0.6) is 5.88 Å². The average Bonchev–Trinajstić information content (AvgIpc) is 3.44. The maximum Gasteiger partial charge on any atom is 0.217 e. The van der Waals surface area contributed by atoms with Crippen LogP contribution in [0, 0.1) is 17.2 Å². The van der Waals surface area contributed by atoms with Crippen LogP contribution in [0.3, 0.4) is 0 Å². The molecular formula is C35H33ClFN5O3. The van der Waals surface area contributed by atoms with Crippen LogP contribution >= 0.6 is 11.6 Å². The van der Waals surface area contributed by atoms with Crippen LogP contribution in [0.15, 0.2) is 71.2 Å². The summed E-state index contributed by atoms with van der Waals surface area (Å²) in [6, 6.07) is 17.7. The number of likely N-dealkylation sites (tertiary alicyclic amines) is 2. The number of hydrogen-bond acceptors (Lipinski definition) is 8. The monoisotopic (exact) mass is 625 g/mol. The van der Waals surface area contributed by atoms with Gasteiger partial charge in [-0.3, -0.25) is 9.80 Å². The number of alkyl halides is 1. The number of aromatic nitrogens is 2. The number of nitriles is 1. The molecule has 2 aromatic heterocycles. The largest absolute Gasteiger partial charge is 0.481 e. The Morgan fingerprint density at radius 3 is 2.60 bits per heavy atom. The van der Waals surface area contributed by atoms with Crippen LogP contribution in [0.2, 0.25) is 5.02 Å². The number of β-amino-alcohol motifs (C(OH)–C–C–N with tert-alkyl or cyclic N) is 1. The molecule has 3 aliphatic rings. The molecule has 8 nitrogen and oxygen atoms in total. The SMILES string of the molecule is COc1nc(C2(c3nc4cc(CN5CC(F)C5)cc(C#N)c4o3)C=CC=C(c3ccccc3Cl)C2C)ccc1CN1CC(O)C1. The summed E-state index contributed by atoms with van der Waals surface area (Å²) in [4.78, 5) is 14.2. The standard InChI is InChI=1S/C35H33ClFN5O3/c1-21-27(28-6-3-4-8-29(28)36)7-5-11-35(21,31-10-9-23(33(40-31)44-2)16-42-19-26(43)20-42)34-39-30-13-22(15-41-17-25(37)18-41)12-24(14-38)32(30)45-34/h3-13,21,25-26,43H,15-20H2,1-2H3. The Morgan fingerprint density at radius 2 is 1.89 bits per heavy atom. The summed E-state index contributed by atoms with van der Waals surface area (Å²) in [6.45, 7) is 5.22. The van der Waals surface area contributed by atoms with E-state index in [-0.39, 0.29) is 12.0 Å². The second-order valence-corrected chi connectivity index (χ2v) is 12.6. The third-order valence-corrected chi connectivity index (χ3v) is 9.53.